The Bertz CT molecular complexity index is 508. The Balaban J connectivity index is 1.65. The van der Waals surface area contributed by atoms with E-state index in [-0.39, 0.29) is 17.9 Å². The maximum absolute atomic E-state index is 12.5. The minimum Gasteiger partial charge on any atom is -0.327 e. The fourth-order valence-electron chi connectivity index (χ4n) is 4.08. The van der Waals surface area contributed by atoms with Crippen molar-refractivity contribution >= 4 is 11.6 Å². The first kappa shape index (κ1) is 14.6. The average molecular weight is 286 g/mol. The zero-order valence-corrected chi connectivity index (χ0v) is 13.0. The maximum Gasteiger partial charge on any atom is 0.229 e. The fraction of sp³-hybridized carbons (Fsp3) is 0.611. The van der Waals surface area contributed by atoms with Gasteiger partial charge < -0.3 is 11.1 Å². The van der Waals surface area contributed by atoms with Gasteiger partial charge in [0.2, 0.25) is 5.91 Å². The number of nitrogens with two attached hydrogens (primary N) is 1. The lowest BCUT2D eigenvalue weighted by atomic mass is 9.84. The molecule has 2 aliphatic carbocycles. The van der Waals surface area contributed by atoms with Gasteiger partial charge in [-0.1, -0.05) is 26.0 Å². The van der Waals surface area contributed by atoms with Crippen molar-refractivity contribution in [2.75, 3.05) is 5.32 Å². The van der Waals surface area contributed by atoms with Crippen molar-refractivity contribution in [1.82, 2.24) is 0 Å². The van der Waals surface area contributed by atoms with E-state index in [9.17, 15) is 4.79 Å². The summed E-state index contributed by atoms with van der Waals surface area (Å²) in [7, 11) is 0. The molecule has 1 aromatic rings. The number of fused-ring (bicyclic) bond motifs is 2. The van der Waals surface area contributed by atoms with Crippen LogP contribution in [0.5, 0.6) is 0 Å². The molecule has 3 N–H and O–H groups in total. The number of anilines is 1. The molecule has 5 unspecified atom stereocenters. The molecule has 1 aromatic carbocycles. The van der Waals surface area contributed by atoms with E-state index in [4.69, 9.17) is 5.73 Å². The topological polar surface area (TPSA) is 55.1 Å². The predicted molar refractivity (Wildman–Crippen MR) is 86.1 cm³/mol. The molecule has 2 saturated carbocycles. The van der Waals surface area contributed by atoms with Gasteiger partial charge in [0, 0.05) is 11.7 Å². The Morgan fingerprint density at radius 1 is 1.29 bits per heavy atom. The molecule has 0 heterocycles. The van der Waals surface area contributed by atoms with Crippen LogP contribution in [0.4, 0.5) is 5.69 Å². The van der Waals surface area contributed by atoms with Gasteiger partial charge >= 0.3 is 0 Å². The van der Waals surface area contributed by atoms with E-state index in [1.165, 1.54) is 18.4 Å². The number of amides is 1. The Morgan fingerprint density at radius 3 is 2.52 bits per heavy atom. The smallest absolute Gasteiger partial charge is 0.229 e. The Kier molecular flexibility index (Phi) is 4.03. The summed E-state index contributed by atoms with van der Waals surface area (Å²) in [4.78, 5) is 12.5. The predicted octanol–water partition coefficient (Wildman–Crippen LogP) is 3.51. The standard InChI is InChI=1S/C18H26N2O/c1-3-11(2)12-6-8-15(9-7-12)20-18(21)16-13-4-5-14(10-13)17(16)19/h6-9,11,13-14,16-17H,3-5,10,19H2,1-2H3,(H,20,21). The number of rotatable bonds is 4. The molecule has 3 nitrogen and oxygen atoms in total. The van der Waals surface area contributed by atoms with Gasteiger partial charge in [-0.2, -0.15) is 0 Å². The number of hydrogen-bond donors (Lipinski definition) is 2. The zero-order chi connectivity index (χ0) is 15.0. The van der Waals surface area contributed by atoms with Crippen LogP contribution in [0.25, 0.3) is 0 Å². The normalized spacial score (nSPS) is 32.1. The second-order valence-corrected chi connectivity index (χ2v) is 6.86. The highest BCUT2D eigenvalue weighted by molar-refractivity contribution is 5.93. The van der Waals surface area contributed by atoms with Gasteiger partial charge in [0.15, 0.2) is 0 Å². The van der Waals surface area contributed by atoms with Crippen molar-refractivity contribution in [2.45, 2.75) is 51.5 Å². The third kappa shape index (κ3) is 2.71. The van der Waals surface area contributed by atoms with Crippen molar-refractivity contribution in [3.63, 3.8) is 0 Å². The van der Waals surface area contributed by atoms with E-state index >= 15 is 0 Å². The minimum absolute atomic E-state index is 0.0120. The van der Waals surface area contributed by atoms with E-state index in [1.807, 2.05) is 12.1 Å². The Hall–Kier alpha value is -1.35. The van der Waals surface area contributed by atoms with Gasteiger partial charge in [0.05, 0.1) is 5.92 Å². The monoisotopic (exact) mass is 286 g/mol. The van der Waals surface area contributed by atoms with Crippen molar-refractivity contribution in [2.24, 2.45) is 23.5 Å². The molecule has 114 valence electrons. The lowest BCUT2D eigenvalue weighted by molar-refractivity contribution is -0.121. The quantitative estimate of drug-likeness (QED) is 0.890. The largest absolute Gasteiger partial charge is 0.327 e. The molecule has 1 amide bonds. The van der Waals surface area contributed by atoms with E-state index in [0.717, 1.165) is 18.5 Å². The van der Waals surface area contributed by atoms with Crippen LogP contribution in [0.3, 0.4) is 0 Å². The molecule has 2 bridgehead atoms. The molecule has 5 atom stereocenters. The molecule has 0 aromatic heterocycles. The van der Waals surface area contributed by atoms with Crippen molar-refractivity contribution in [1.29, 1.82) is 0 Å². The van der Waals surface area contributed by atoms with E-state index in [2.05, 4.69) is 31.3 Å². The summed E-state index contributed by atoms with van der Waals surface area (Å²) in [5.74, 6) is 1.76. The van der Waals surface area contributed by atoms with Gasteiger partial charge in [-0.25, -0.2) is 0 Å². The van der Waals surface area contributed by atoms with Gasteiger partial charge in [0.1, 0.15) is 0 Å². The molecular formula is C18H26N2O. The van der Waals surface area contributed by atoms with Gasteiger partial charge in [-0.15, -0.1) is 0 Å². The molecule has 3 heteroatoms. The van der Waals surface area contributed by atoms with Crippen LogP contribution in [0.2, 0.25) is 0 Å². The SMILES string of the molecule is CCC(C)c1ccc(NC(=O)C2C3CCC(C3)C2N)cc1. The molecule has 3 rings (SSSR count). The van der Waals surface area contributed by atoms with Crippen LogP contribution < -0.4 is 11.1 Å². The van der Waals surface area contributed by atoms with Crippen LogP contribution >= 0.6 is 0 Å². The number of carbonyl (C=O) groups excluding carboxylic acids is 1. The van der Waals surface area contributed by atoms with Crippen LogP contribution in [0.1, 0.15) is 51.0 Å². The summed E-state index contributed by atoms with van der Waals surface area (Å²) >= 11 is 0. The highest BCUT2D eigenvalue weighted by Crippen LogP contribution is 2.47. The van der Waals surface area contributed by atoms with Crippen LogP contribution in [0, 0.1) is 17.8 Å². The van der Waals surface area contributed by atoms with Crippen LogP contribution in [-0.2, 0) is 4.79 Å². The summed E-state index contributed by atoms with van der Waals surface area (Å²) in [5.41, 5.74) is 8.46. The molecule has 2 fully saturated rings. The molecule has 0 radical (unpaired) electrons. The molecule has 0 aliphatic heterocycles. The minimum atomic E-state index is 0.0120. The van der Waals surface area contributed by atoms with Crippen molar-refractivity contribution in [3.05, 3.63) is 29.8 Å². The first-order valence-corrected chi connectivity index (χ1v) is 8.26. The highest BCUT2D eigenvalue weighted by atomic mass is 16.2. The number of hydrogen-bond acceptors (Lipinski definition) is 2. The zero-order valence-electron chi connectivity index (χ0n) is 13.0. The number of nitrogens with one attached hydrogen (secondary N) is 1. The summed E-state index contributed by atoms with van der Waals surface area (Å²) in [5, 5.41) is 3.06. The molecule has 0 spiro atoms. The van der Waals surface area contributed by atoms with E-state index < -0.39 is 0 Å². The Labute approximate surface area is 127 Å². The van der Waals surface area contributed by atoms with Crippen LogP contribution in [-0.4, -0.2) is 11.9 Å². The highest BCUT2D eigenvalue weighted by Gasteiger charge is 2.49. The third-order valence-electron chi connectivity index (χ3n) is 5.64. The van der Waals surface area contributed by atoms with Gasteiger partial charge in [-0.3, -0.25) is 4.79 Å². The molecule has 21 heavy (non-hydrogen) atoms. The lowest BCUT2D eigenvalue weighted by Gasteiger charge is -2.27. The van der Waals surface area contributed by atoms with Gasteiger partial charge in [0.25, 0.3) is 0 Å². The third-order valence-corrected chi connectivity index (χ3v) is 5.64. The second-order valence-electron chi connectivity index (χ2n) is 6.86. The summed E-state index contributed by atoms with van der Waals surface area (Å²) in [6.45, 7) is 4.42. The molecule has 0 saturated heterocycles. The fourth-order valence-corrected chi connectivity index (χ4v) is 4.08. The summed E-state index contributed by atoms with van der Waals surface area (Å²) in [6, 6.07) is 8.31. The molecular weight excluding hydrogens is 260 g/mol. The summed E-state index contributed by atoms with van der Waals surface area (Å²) < 4.78 is 0. The van der Waals surface area contributed by atoms with Gasteiger partial charge in [-0.05, 0) is 61.1 Å². The van der Waals surface area contributed by atoms with Crippen molar-refractivity contribution < 1.29 is 4.79 Å². The van der Waals surface area contributed by atoms with E-state index in [0.29, 0.717) is 17.8 Å². The summed E-state index contributed by atoms with van der Waals surface area (Å²) in [6.07, 6.45) is 4.65. The number of carbonyl (C=O) groups is 1. The first-order chi connectivity index (χ1) is 10.1. The van der Waals surface area contributed by atoms with E-state index in [1.54, 1.807) is 0 Å². The van der Waals surface area contributed by atoms with Crippen molar-refractivity contribution in [3.8, 4) is 0 Å². The average Bonchev–Trinajstić information content (AvgIpc) is 3.08. The first-order valence-electron chi connectivity index (χ1n) is 8.26. The maximum atomic E-state index is 12.5. The number of benzene rings is 1. The molecule has 2 aliphatic rings. The van der Waals surface area contributed by atoms with Crippen LogP contribution in [0.15, 0.2) is 24.3 Å². The Morgan fingerprint density at radius 2 is 1.95 bits per heavy atom. The second kappa shape index (κ2) is 5.80. The lowest BCUT2D eigenvalue weighted by Crippen LogP contribution is -2.42.